The quantitative estimate of drug-likeness (QED) is 0.742. The first-order valence-corrected chi connectivity index (χ1v) is 9.16. The van der Waals surface area contributed by atoms with E-state index >= 15 is 0 Å². The van der Waals surface area contributed by atoms with Crippen molar-refractivity contribution in [1.82, 2.24) is 4.90 Å². The van der Waals surface area contributed by atoms with Crippen molar-refractivity contribution in [3.8, 4) is 0 Å². The fourth-order valence-corrected chi connectivity index (χ4v) is 4.60. The van der Waals surface area contributed by atoms with E-state index in [0.717, 1.165) is 31.2 Å². The van der Waals surface area contributed by atoms with Gasteiger partial charge in [-0.05, 0) is 65.9 Å². The third-order valence-corrected chi connectivity index (χ3v) is 5.87. The van der Waals surface area contributed by atoms with Gasteiger partial charge in [0.25, 0.3) is 0 Å². The lowest BCUT2D eigenvalue weighted by Crippen LogP contribution is -2.23. The van der Waals surface area contributed by atoms with Gasteiger partial charge in [0.2, 0.25) is 0 Å². The lowest BCUT2D eigenvalue weighted by molar-refractivity contribution is 0.349. The van der Waals surface area contributed by atoms with Gasteiger partial charge in [-0.3, -0.25) is 4.90 Å². The van der Waals surface area contributed by atoms with Crippen molar-refractivity contribution in [3.63, 3.8) is 0 Å². The Morgan fingerprint density at radius 3 is 2.74 bits per heavy atom. The molecule has 1 heteroatoms. The van der Waals surface area contributed by atoms with E-state index in [0.29, 0.717) is 0 Å². The number of likely N-dealkylation sites (tertiary alicyclic amines) is 1. The molecule has 1 aromatic rings. The second-order valence-corrected chi connectivity index (χ2v) is 7.49. The SMILES string of the molecule is C=C(CN1CC2CCCC2C1)c1cccc(C2=CC=CCC2)c1. The van der Waals surface area contributed by atoms with E-state index in [1.807, 2.05) is 0 Å². The Hall–Kier alpha value is -1.60. The molecule has 2 atom stereocenters. The molecule has 3 aliphatic rings. The standard InChI is InChI=1S/C22H27N/c1-17(14-23-15-21-11-6-12-22(21)16-23)19-9-5-10-20(13-19)18-7-3-2-4-8-18/h2-3,5,7,9-10,13,21-22H,1,4,6,8,11-12,14-16H2. The molecule has 0 spiro atoms. The largest absolute Gasteiger partial charge is 0.299 e. The van der Waals surface area contributed by atoms with Gasteiger partial charge in [0.1, 0.15) is 0 Å². The van der Waals surface area contributed by atoms with Crippen LogP contribution in [0.1, 0.15) is 43.2 Å². The summed E-state index contributed by atoms with van der Waals surface area (Å²) in [5, 5.41) is 0. The third-order valence-electron chi connectivity index (χ3n) is 5.87. The molecule has 0 bridgehead atoms. The van der Waals surface area contributed by atoms with E-state index < -0.39 is 0 Å². The summed E-state index contributed by atoms with van der Waals surface area (Å²) in [4.78, 5) is 2.63. The molecular weight excluding hydrogens is 278 g/mol. The van der Waals surface area contributed by atoms with Crippen LogP contribution >= 0.6 is 0 Å². The first-order valence-electron chi connectivity index (χ1n) is 9.16. The molecule has 1 aromatic carbocycles. The summed E-state index contributed by atoms with van der Waals surface area (Å²) >= 11 is 0. The molecule has 2 aliphatic carbocycles. The van der Waals surface area contributed by atoms with E-state index in [4.69, 9.17) is 0 Å². The van der Waals surface area contributed by atoms with Crippen LogP contribution in [0.25, 0.3) is 11.1 Å². The monoisotopic (exact) mass is 305 g/mol. The zero-order valence-corrected chi connectivity index (χ0v) is 14.0. The van der Waals surface area contributed by atoms with E-state index in [2.05, 4.69) is 54.0 Å². The summed E-state index contributed by atoms with van der Waals surface area (Å²) in [6, 6.07) is 8.99. The van der Waals surface area contributed by atoms with Gasteiger partial charge in [0, 0.05) is 19.6 Å². The van der Waals surface area contributed by atoms with E-state index in [-0.39, 0.29) is 0 Å². The summed E-state index contributed by atoms with van der Waals surface area (Å²) < 4.78 is 0. The molecule has 1 saturated carbocycles. The Bertz CT molecular complexity index is 640. The number of nitrogens with zero attached hydrogens (tertiary/aromatic N) is 1. The smallest absolute Gasteiger partial charge is 0.0234 e. The summed E-state index contributed by atoms with van der Waals surface area (Å²) in [7, 11) is 0. The fourth-order valence-electron chi connectivity index (χ4n) is 4.60. The second kappa shape index (κ2) is 6.49. The highest BCUT2D eigenvalue weighted by molar-refractivity contribution is 5.73. The van der Waals surface area contributed by atoms with Gasteiger partial charge in [-0.25, -0.2) is 0 Å². The van der Waals surface area contributed by atoms with Crippen LogP contribution in [0, 0.1) is 11.8 Å². The zero-order chi connectivity index (χ0) is 15.6. The van der Waals surface area contributed by atoms with Gasteiger partial charge in [-0.1, -0.05) is 49.4 Å². The van der Waals surface area contributed by atoms with Crippen LogP contribution in [0.5, 0.6) is 0 Å². The van der Waals surface area contributed by atoms with Crippen LogP contribution in [0.15, 0.2) is 49.1 Å². The number of allylic oxidation sites excluding steroid dienone is 4. The van der Waals surface area contributed by atoms with Crippen molar-refractivity contribution >= 4 is 11.1 Å². The van der Waals surface area contributed by atoms with Crippen LogP contribution in [-0.2, 0) is 0 Å². The first-order chi connectivity index (χ1) is 11.3. The van der Waals surface area contributed by atoms with Gasteiger partial charge < -0.3 is 0 Å². The highest BCUT2D eigenvalue weighted by Gasteiger charge is 2.35. The average molecular weight is 305 g/mol. The Labute approximate surface area is 140 Å². The van der Waals surface area contributed by atoms with Crippen LogP contribution in [0.4, 0.5) is 0 Å². The number of benzene rings is 1. The summed E-state index contributed by atoms with van der Waals surface area (Å²) in [5.41, 5.74) is 5.41. The summed E-state index contributed by atoms with van der Waals surface area (Å²) in [5.74, 6) is 1.93. The predicted octanol–water partition coefficient (Wildman–Crippen LogP) is 5.17. The molecule has 2 unspecified atom stereocenters. The van der Waals surface area contributed by atoms with Gasteiger partial charge in [0.05, 0.1) is 0 Å². The molecule has 1 heterocycles. The molecule has 0 aromatic heterocycles. The highest BCUT2D eigenvalue weighted by Crippen LogP contribution is 2.38. The molecule has 0 radical (unpaired) electrons. The Morgan fingerprint density at radius 2 is 2.00 bits per heavy atom. The van der Waals surface area contributed by atoms with Crippen molar-refractivity contribution < 1.29 is 0 Å². The average Bonchev–Trinajstić information content (AvgIpc) is 3.17. The molecule has 1 saturated heterocycles. The second-order valence-electron chi connectivity index (χ2n) is 7.49. The molecule has 23 heavy (non-hydrogen) atoms. The highest BCUT2D eigenvalue weighted by atomic mass is 15.2. The van der Waals surface area contributed by atoms with E-state index in [1.165, 1.54) is 54.6 Å². The Kier molecular flexibility index (Phi) is 4.22. The van der Waals surface area contributed by atoms with Crippen molar-refractivity contribution in [2.24, 2.45) is 11.8 Å². The lowest BCUT2D eigenvalue weighted by Gasteiger charge is -2.19. The molecule has 0 N–H and O–H groups in total. The number of hydrogen-bond acceptors (Lipinski definition) is 1. The maximum absolute atomic E-state index is 4.39. The molecule has 1 nitrogen and oxygen atoms in total. The first kappa shape index (κ1) is 15.0. The van der Waals surface area contributed by atoms with Gasteiger partial charge in [-0.15, -0.1) is 0 Å². The lowest BCUT2D eigenvalue weighted by atomic mass is 9.94. The Balaban J connectivity index is 1.44. The predicted molar refractivity (Wildman–Crippen MR) is 99.1 cm³/mol. The molecule has 0 amide bonds. The van der Waals surface area contributed by atoms with Gasteiger partial charge in [0.15, 0.2) is 0 Å². The van der Waals surface area contributed by atoms with Gasteiger partial charge in [-0.2, -0.15) is 0 Å². The minimum Gasteiger partial charge on any atom is -0.299 e. The van der Waals surface area contributed by atoms with Crippen LogP contribution in [0.2, 0.25) is 0 Å². The molecule has 4 rings (SSSR count). The van der Waals surface area contributed by atoms with E-state index in [9.17, 15) is 0 Å². The van der Waals surface area contributed by atoms with Crippen molar-refractivity contribution in [2.45, 2.75) is 32.1 Å². The van der Waals surface area contributed by atoms with Crippen molar-refractivity contribution in [1.29, 1.82) is 0 Å². The minimum absolute atomic E-state index is 0.966. The normalized spacial score (nSPS) is 27.0. The molecule has 120 valence electrons. The number of rotatable bonds is 4. The van der Waals surface area contributed by atoms with Crippen molar-refractivity contribution in [2.75, 3.05) is 19.6 Å². The molecule has 1 aliphatic heterocycles. The fraction of sp³-hybridized carbons (Fsp3) is 0.455. The van der Waals surface area contributed by atoms with E-state index in [1.54, 1.807) is 0 Å². The topological polar surface area (TPSA) is 3.24 Å². The summed E-state index contributed by atoms with van der Waals surface area (Å²) in [6.07, 6.45) is 13.4. The minimum atomic E-state index is 0.966. The van der Waals surface area contributed by atoms with Gasteiger partial charge >= 0.3 is 0 Å². The number of hydrogen-bond donors (Lipinski definition) is 0. The molecular formula is C22H27N. The Morgan fingerprint density at radius 1 is 1.17 bits per heavy atom. The van der Waals surface area contributed by atoms with Crippen LogP contribution in [0.3, 0.4) is 0 Å². The summed E-state index contributed by atoms with van der Waals surface area (Å²) in [6.45, 7) is 8.01. The maximum atomic E-state index is 4.39. The van der Waals surface area contributed by atoms with Crippen molar-refractivity contribution in [3.05, 3.63) is 60.2 Å². The van der Waals surface area contributed by atoms with Crippen LogP contribution < -0.4 is 0 Å². The molecule has 2 fully saturated rings. The third kappa shape index (κ3) is 3.21. The maximum Gasteiger partial charge on any atom is 0.0234 e. The number of fused-ring (bicyclic) bond motifs is 1. The zero-order valence-electron chi connectivity index (χ0n) is 14.0. The van der Waals surface area contributed by atoms with Crippen LogP contribution in [-0.4, -0.2) is 24.5 Å².